The molecule has 0 aromatic carbocycles. The van der Waals surface area contributed by atoms with E-state index >= 15 is 0 Å². The molecule has 1 saturated heterocycles. The Hall–Kier alpha value is -1.33. The van der Waals surface area contributed by atoms with Gasteiger partial charge >= 0.3 is 0 Å². The number of hydrogen-bond acceptors (Lipinski definition) is 8. The van der Waals surface area contributed by atoms with Crippen LogP contribution in [0.25, 0.3) is 0 Å². The molecule has 0 bridgehead atoms. The number of nitrogens with one attached hydrogen (secondary N) is 1. The number of amides is 1. The zero-order chi connectivity index (χ0) is 50.8. The normalized spacial score (nSPS) is 19.4. The quantitative estimate of drug-likeness (QED) is 0.0261. The van der Waals surface area contributed by atoms with Crippen molar-refractivity contribution < 1.29 is 39.8 Å². The fourth-order valence-electron chi connectivity index (χ4n) is 9.94. The highest BCUT2D eigenvalue weighted by Gasteiger charge is 2.44. The molecule has 414 valence electrons. The number of aliphatic hydroxyl groups excluding tert-OH is 5. The average molecular weight is 993 g/mol. The second kappa shape index (κ2) is 51.2. The summed E-state index contributed by atoms with van der Waals surface area (Å²) >= 11 is 0. The molecule has 1 amide bonds. The molecule has 0 radical (unpaired) electrons. The fourth-order valence-corrected chi connectivity index (χ4v) is 9.94. The van der Waals surface area contributed by atoms with Crippen molar-refractivity contribution in [1.82, 2.24) is 5.32 Å². The van der Waals surface area contributed by atoms with Gasteiger partial charge in [0.15, 0.2) is 6.29 Å². The predicted octanol–water partition coefficient (Wildman–Crippen LogP) is 15.4. The van der Waals surface area contributed by atoms with Crippen LogP contribution in [0.5, 0.6) is 0 Å². The Labute approximate surface area is 432 Å². The van der Waals surface area contributed by atoms with Gasteiger partial charge < -0.3 is 40.3 Å². The van der Waals surface area contributed by atoms with E-state index in [0.717, 1.165) is 38.5 Å². The van der Waals surface area contributed by atoms with E-state index < -0.39 is 49.5 Å². The number of unbranched alkanes of at least 4 members (excludes halogenated alkanes) is 41. The molecule has 0 saturated carbocycles. The van der Waals surface area contributed by atoms with Crippen LogP contribution < -0.4 is 5.32 Å². The zero-order valence-corrected chi connectivity index (χ0v) is 46.0. The first-order valence-corrected chi connectivity index (χ1v) is 30.6. The lowest BCUT2D eigenvalue weighted by Gasteiger charge is -2.40. The Balaban J connectivity index is 2.18. The Morgan fingerprint density at radius 1 is 0.471 bits per heavy atom. The molecule has 1 rings (SSSR count). The van der Waals surface area contributed by atoms with Gasteiger partial charge in [0.1, 0.15) is 24.4 Å². The SMILES string of the molecule is CCCCCCCCCCCCCCC/C=C/CC/C=C/C(O)C(COC1OC(CO)C(O)C(O)C1O)NC(=O)CCCCCCCCCCCCCCCCCCCCCCCCCCCCCC. The molecule has 1 fully saturated rings. The van der Waals surface area contributed by atoms with Crippen molar-refractivity contribution >= 4 is 5.91 Å². The van der Waals surface area contributed by atoms with Crippen LogP contribution >= 0.6 is 0 Å². The molecular weight excluding hydrogens is 875 g/mol. The predicted molar refractivity (Wildman–Crippen MR) is 295 cm³/mol. The van der Waals surface area contributed by atoms with Gasteiger partial charge in [0.2, 0.25) is 5.91 Å². The Morgan fingerprint density at radius 3 is 1.20 bits per heavy atom. The summed E-state index contributed by atoms with van der Waals surface area (Å²) in [7, 11) is 0. The van der Waals surface area contributed by atoms with Crippen molar-refractivity contribution in [2.75, 3.05) is 13.2 Å². The number of carbonyl (C=O) groups excluding carboxylic acids is 1. The van der Waals surface area contributed by atoms with Crippen LogP contribution in [-0.2, 0) is 14.3 Å². The molecule has 1 heterocycles. The van der Waals surface area contributed by atoms with Gasteiger partial charge in [-0.15, -0.1) is 0 Å². The molecule has 6 N–H and O–H groups in total. The molecule has 0 aromatic heterocycles. The maximum atomic E-state index is 13.1. The van der Waals surface area contributed by atoms with Crippen LogP contribution in [0.3, 0.4) is 0 Å². The molecule has 9 heteroatoms. The molecule has 9 nitrogen and oxygen atoms in total. The van der Waals surface area contributed by atoms with Crippen LogP contribution in [-0.4, -0.2) is 87.5 Å². The van der Waals surface area contributed by atoms with Crippen molar-refractivity contribution in [3.05, 3.63) is 24.3 Å². The molecule has 7 atom stereocenters. The molecule has 0 aliphatic carbocycles. The first-order chi connectivity index (χ1) is 34.3. The lowest BCUT2D eigenvalue weighted by Crippen LogP contribution is -2.60. The first-order valence-electron chi connectivity index (χ1n) is 30.6. The summed E-state index contributed by atoms with van der Waals surface area (Å²) in [6.07, 6.45) is 58.3. The number of hydrogen-bond donors (Lipinski definition) is 6. The molecule has 1 aliphatic rings. The molecule has 0 aromatic rings. The lowest BCUT2D eigenvalue weighted by molar-refractivity contribution is -0.302. The van der Waals surface area contributed by atoms with E-state index in [4.69, 9.17) is 9.47 Å². The van der Waals surface area contributed by atoms with E-state index in [1.807, 2.05) is 6.08 Å². The summed E-state index contributed by atoms with van der Waals surface area (Å²) in [6.45, 7) is 3.81. The third-order valence-electron chi connectivity index (χ3n) is 14.8. The standard InChI is InChI=1S/C61H117NO8/c1-3-5-7-9-11-13-15-17-19-21-23-24-25-26-27-28-29-30-31-33-35-37-39-41-43-45-47-49-51-57(65)62-54(53-69-61-60(68)59(67)58(66)56(52-63)70-61)55(64)50-48-46-44-42-40-38-36-34-32-22-20-18-16-14-12-10-8-6-4-2/h40,42,48,50,54-56,58-61,63-64,66-68H,3-39,41,43-47,49,51-53H2,1-2H3,(H,62,65)/b42-40+,50-48+. The van der Waals surface area contributed by atoms with Crippen LogP contribution in [0.15, 0.2) is 24.3 Å². The van der Waals surface area contributed by atoms with Crippen molar-refractivity contribution in [3.63, 3.8) is 0 Å². The molecule has 7 unspecified atom stereocenters. The smallest absolute Gasteiger partial charge is 0.220 e. The van der Waals surface area contributed by atoms with Gasteiger partial charge in [0.25, 0.3) is 0 Å². The monoisotopic (exact) mass is 992 g/mol. The molecule has 70 heavy (non-hydrogen) atoms. The van der Waals surface area contributed by atoms with Gasteiger partial charge in [-0.25, -0.2) is 0 Å². The molecule has 1 aliphatic heterocycles. The number of allylic oxidation sites excluding steroid dienone is 3. The van der Waals surface area contributed by atoms with E-state index in [2.05, 4.69) is 31.3 Å². The highest BCUT2D eigenvalue weighted by Crippen LogP contribution is 2.23. The summed E-state index contributed by atoms with van der Waals surface area (Å²) in [5, 5.41) is 54.5. The molecular formula is C61H117NO8. The first kappa shape index (κ1) is 66.7. The van der Waals surface area contributed by atoms with Gasteiger partial charge in [-0.3, -0.25) is 4.79 Å². The third-order valence-corrected chi connectivity index (χ3v) is 14.8. The van der Waals surface area contributed by atoms with E-state index in [-0.39, 0.29) is 12.5 Å². The summed E-state index contributed by atoms with van der Waals surface area (Å²) in [5.74, 6) is -0.180. The average Bonchev–Trinajstić information content (AvgIpc) is 3.36. The Bertz CT molecular complexity index is 1150. The second-order valence-electron chi connectivity index (χ2n) is 21.5. The number of aliphatic hydroxyl groups is 5. The largest absolute Gasteiger partial charge is 0.394 e. The minimum Gasteiger partial charge on any atom is -0.394 e. The van der Waals surface area contributed by atoms with E-state index in [1.165, 1.54) is 244 Å². The minimum absolute atomic E-state index is 0.180. The van der Waals surface area contributed by atoms with Gasteiger partial charge in [0.05, 0.1) is 25.4 Å². The van der Waals surface area contributed by atoms with Crippen LogP contribution in [0.4, 0.5) is 0 Å². The van der Waals surface area contributed by atoms with E-state index in [9.17, 15) is 30.3 Å². The van der Waals surface area contributed by atoms with Crippen molar-refractivity contribution in [3.8, 4) is 0 Å². The summed E-state index contributed by atoms with van der Waals surface area (Å²) in [5.41, 5.74) is 0. The highest BCUT2D eigenvalue weighted by molar-refractivity contribution is 5.76. The van der Waals surface area contributed by atoms with Crippen molar-refractivity contribution in [2.24, 2.45) is 0 Å². The molecule has 0 spiro atoms. The topological polar surface area (TPSA) is 149 Å². The number of carbonyl (C=O) groups is 1. The summed E-state index contributed by atoms with van der Waals surface area (Å²) in [4.78, 5) is 13.1. The minimum atomic E-state index is -1.57. The summed E-state index contributed by atoms with van der Waals surface area (Å²) in [6, 6.07) is -0.819. The van der Waals surface area contributed by atoms with Crippen LogP contribution in [0.1, 0.15) is 303 Å². The van der Waals surface area contributed by atoms with Gasteiger partial charge in [0, 0.05) is 6.42 Å². The Morgan fingerprint density at radius 2 is 0.814 bits per heavy atom. The van der Waals surface area contributed by atoms with Crippen molar-refractivity contribution in [1.29, 1.82) is 0 Å². The van der Waals surface area contributed by atoms with E-state index in [0.29, 0.717) is 6.42 Å². The highest BCUT2D eigenvalue weighted by atomic mass is 16.7. The van der Waals surface area contributed by atoms with Gasteiger partial charge in [-0.05, 0) is 32.1 Å². The number of ether oxygens (including phenoxy) is 2. The van der Waals surface area contributed by atoms with Gasteiger partial charge in [-0.1, -0.05) is 289 Å². The Kier molecular flexibility index (Phi) is 48.7. The maximum absolute atomic E-state index is 13.1. The van der Waals surface area contributed by atoms with E-state index in [1.54, 1.807) is 6.08 Å². The number of rotatable bonds is 53. The van der Waals surface area contributed by atoms with Crippen LogP contribution in [0, 0.1) is 0 Å². The van der Waals surface area contributed by atoms with Crippen LogP contribution in [0.2, 0.25) is 0 Å². The fraction of sp³-hybridized carbons (Fsp3) is 0.918. The zero-order valence-electron chi connectivity index (χ0n) is 46.0. The third kappa shape index (κ3) is 40.1. The lowest BCUT2D eigenvalue weighted by atomic mass is 9.99. The summed E-state index contributed by atoms with van der Waals surface area (Å²) < 4.78 is 11.3. The maximum Gasteiger partial charge on any atom is 0.220 e. The van der Waals surface area contributed by atoms with Crippen molar-refractivity contribution in [2.45, 2.75) is 346 Å². The van der Waals surface area contributed by atoms with Gasteiger partial charge in [-0.2, -0.15) is 0 Å². The second-order valence-corrected chi connectivity index (χ2v) is 21.5.